The number of rotatable bonds is 6. The maximum Gasteiger partial charge on any atom is 0.224 e. The van der Waals surface area contributed by atoms with Crippen molar-refractivity contribution < 1.29 is 9.47 Å². The first-order valence-electron chi connectivity index (χ1n) is 9.60. The van der Waals surface area contributed by atoms with E-state index in [-0.39, 0.29) is 11.3 Å². The van der Waals surface area contributed by atoms with Crippen LogP contribution in [-0.4, -0.2) is 24.2 Å². The van der Waals surface area contributed by atoms with E-state index in [1.165, 1.54) is 11.1 Å². The lowest BCUT2D eigenvalue weighted by atomic mass is 10.00. The molecule has 0 saturated carbocycles. The lowest BCUT2D eigenvalue weighted by Crippen LogP contribution is -2.09. The van der Waals surface area contributed by atoms with E-state index in [1.54, 1.807) is 20.3 Å². The molecule has 4 rings (SSSR count). The Kier molecular flexibility index (Phi) is 5.72. The molecule has 1 unspecified atom stereocenters. The Bertz CT molecular complexity index is 1180. The Morgan fingerprint density at radius 2 is 1.53 bits per heavy atom. The van der Waals surface area contributed by atoms with E-state index in [9.17, 15) is 0 Å². The third-order valence-corrected chi connectivity index (χ3v) is 5.19. The van der Waals surface area contributed by atoms with Gasteiger partial charge in [-0.3, -0.25) is 0 Å². The monoisotopic (exact) mass is 419 g/mol. The van der Waals surface area contributed by atoms with Gasteiger partial charge >= 0.3 is 0 Å². The highest BCUT2D eigenvalue weighted by Crippen LogP contribution is 2.35. The van der Waals surface area contributed by atoms with Crippen LogP contribution in [0.25, 0.3) is 22.0 Å². The average Bonchev–Trinajstić information content (AvgIpc) is 2.78. The molecule has 0 amide bonds. The molecular weight excluding hydrogens is 398 g/mol. The highest BCUT2D eigenvalue weighted by atomic mass is 35.5. The fraction of sp³-hybridized carbons (Fsp3) is 0.167. The number of nitrogens with zero attached hydrogens (tertiary/aromatic N) is 2. The van der Waals surface area contributed by atoms with Gasteiger partial charge in [-0.1, -0.05) is 48.5 Å². The molecule has 6 heteroatoms. The van der Waals surface area contributed by atoms with E-state index in [0.717, 1.165) is 10.9 Å². The van der Waals surface area contributed by atoms with Crippen LogP contribution >= 0.6 is 11.6 Å². The molecule has 152 valence electrons. The standard InChI is InChI=1S/C24H22ClN3O2/c1-15(17-10-7-11-18(12-17)16-8-5-4-6-9-16)26-23-19-13-21(29-2)22(30-3)14-20(19)27-24(25)28-23/h4-15H,1-3H3,(H,26,27,28). The second-order valence-electron chi connectivity index (χ2n) is 6.92. The van der Waals surface area contributed by atoms with E-state index in [4.69, 9.17) is 21.1 Å². The van der Waals surface area contributed by atoms with Gasteiger partial charge in [0.2, 0.25) is 5.28 Å². The first kappa shape index (κ1) is 20.0. The Hall–Kier alpha value is -3.31. The summed E-state index contributed by atoms with van der Waals surface area (Å²) in [6.07, 6.45) is 0. The van der Waals surface area contributed by atoms with E-state index >= 15 is 0 Å². The Morgan fingerprint density at radius 1 is 0.833 bits per heavy atom. The van der Waals surface area contributed by atoms with Gasteiger partial charge < -0.3 is 14.8 Å². The lowest BCUT2D eigenvalue weighted by Gasteiger charge is -2.18. The van der Waals surface area contributed by atoms with Crippen LogP contribution in [0.3, 0.4) is 0 Å². The molecule has 0 spiro atoms. The van der Waals surface area contributed by atoms with Crippen LogP contribution in [0, 0.1) is 0 Å². The summed E-state index contributed by atoms with van der Waals surface area (Å²) in [6.45, 7) is 2.09. The van der Waals surface area contributed by atoms with Crippen molar-refractivity contribution in [3.05, 3.63) is 77.6 Å². The molecule has 0 bridgehead atoms. The Morgan fingerprint density at radius 3 is 2.27 bits per heavy atom. The summed E-state index contributed by atoms with van der Waals surface area (Å²) in [5.41, 5.74) is 4.16. The summed E-state index contributed by atoms with van der Waals surface area (Å²) in [4.78, 5) is 8.76. The van der Waals surface area contributed by atoms with Crippen molar-refractivity contribution in [2.45, 2.75) is 13.0 Å². The summed E-state index contributed by atoms with van der Waals surface area (Å²) < 4.78 is 10.8. The van der Waals surface area contributed by atoms with Crippen LogP contribution in [0.4, 0.5) is 5.82 Å². The summed E-state index contributed by atoms with van der Waals surface area (Å²) >= 11 is 6.19. The minimum absolute atomic E-state index is 0.00377. The number of aromatic nitrogens is 2. The van der Waals surface area contributed by atoms with Gasteiger partial charge in [-0.25, -0.2) is 9.97 Å². The van der Waals surface area contributed by atoms with E-state index in [1.807, 2.05) is 24.3 Å². The molecule has 1 atom stereocenters. The Balaban J connectivity index is 1.70. The smallest absolute Gasteiger partial charge is 0.224 e. The summed E-state index contributed by atoms with van der Waals surface area (Å²) in [7, 11) is 3.19. The number of anilines is 1. The van der Waals surface area contributed by atoms with Crippen LogP contribution < -0.4 is 14.8 Å². The molecule has 0 aliphatic carbocycles. The van der Waals surface area contributed by atoms with Crippen molar-refractivity contribution in [3.63, 3.8) is 0 Å². The number of halogens is 1. The fourth-order valence-electron chi connectivity index (χ4n) is 3.44. The first-order chi connectivity index (χ1) is 14.6. The molecule has 0 radical (unpaired) electrons. The van der Waals surface area contributed by atoms with Gasteiger partial charge in [0.25, 0.3) is 0 Å². The molecule has 4 aromatic rings. The molecule has 0 saturated heterocycles. The maximum atomic E-state index is 6.19. The molecule has 3 aromatic carbocycles. The lowest BCUT2D eigenvalue weighted by molar-refractivity contribution is 0.356. The van der Waals surface area contributed by atoms with Gasteiger partial charge in [0, 0.05) is 17.5 Å². The molecule has 5 nitrogen and oxygen atoms in total. The zero-order chi connectivity index (χ0) is 21.1. The van der Waals surface area contributed by atoms with E-state index in [2.05, 4.69) is 58.6 Å². The number of benzene rings is 3. The summed E-state index contributed by atoms with van der Waals surface area (Å²) in [6, 6.07) is 22.4. The molecular formula is C24H22ClN3O2. The van der Waals surface area contributed by atoms with Crippen LogP contribution in [-0.2, 0) is 0 Å². The molecule has 0 aliphatic rings. The van der Waals surface area contributed by atoms with Gasteiger partial charge in [0.15, 0.2) is 11.5 Å². The number of fused-ring (bicyclic) bond motifs is 1. The first-order valence-corrected chi connectivity index (χ1v) is 9.98. The molecule has 30 heavy (non-hydrogen) atoms. The highest BCUT2D eigenvalue weighted by Gasteiger charge is 2.15. The number of hydrogen-bond acceptors (Lipinski definition) is 5. The largest absolute Gasteiger partial charge is 0.493 e. The predicted octanol–water partition coefficient (Wildman–Crippen LogP) is 6.14. The van der Waals surface area contributed by atoms with Crippen molar-refractivity contribution in [3.8, 4) is 22.6 Å². The van der Waals surface area contributed by atoms with Crippen molar-refractivity contribution in [1.82, 2.24) is 9.97 Å². The van der Waals surface area contributed by atoms with Crippen molar-refractivity contribution in [2.75, 3.05) is 19.5 Å². The summed E-state index contributed by atoms with van der Waals surface area (Å²) in [5.74, 6) is 1.84. The van der Waals surface area contributed by atoms with Crippen LogP contribution in [0.2, 0.25) is 5.28 Å². The van der Waals surface area contributed by atoms with Gasteiger partial charge in [-0.05, 0) is 47.3 Å². The number of nitrogens with one attached hydrogen (secondary N) is 1. The quantitative estimate of drug-likeness (QED) is 0.380. The minimum atomic E-state index is -0.00377. The van der Waals surface area contributed by atoms with Gasteiger partial charge in [-0.15, -0.1) is 0 Å². The molecule has 1 N–H and O–H groups in total. The summed E-state index contributed by atoms with van der Waals surface area (Å²) in [5, 5.41) is 4.45. The van der Waals surface area contributed by atoms with Crippen LogP contribution in [0.1, 0.15) is 18.5 Å². The normalized spacial score (nSPS) is 11.9. The van der Waals surface area contributed by atoms with Gasteiger partial charge in [0.05, 0.1) is 19.7 Å². The maximum absolute atomic E-state index is 6.19. The fourth-order valence-corrected chi connectivity index (χ4v) is 3.62. The topological polar surface area (TPSA) is 56.3 Å². The highest BCUT2D eigenvalue weighted by molar-refractivity contribution is 6.28. The third kappa shape index (κ3) is 4.02. The average molecular weight is 420 g/mol. The van der Waals surface area contributed by atoms with Crippen LogP contribution in [0.5, 0.6) is 11.5 Å². The molecule has 1 heterocycles. The second-order valence-corrected chi connectivity index (χ2v) is 7.26. The van der Waals surface area contributed by atoms with Crippen molar-refractivity contribution >= 4 is 28.3 Å². The zero-order valence-corrected chi connectivity index (χ0v) is 17.8. The van der Waals surface area contributed by atoms with Gasteiger partial charge in [-0.2, -0.15) is 0 Å². The zero-order valence-electron chi connectivity index (χ0n) is 17.0. The number of hydrogen-bond donors (Lipinski definition) is 1. The second kappa shape index (κ2) is 8.59. The molecule has 0 fully saturated rings. The number of ether oxygens (including phenoxy) is 2. The van der Waals surface area contributed by atoms with Crippen LogP contribution in [0.15, 0.2) is 66.7 Å². The SMILES string of the molecule is COc1cc2nc(Cl)nc(NC(C)c3cccc(-c4ccccc4)c3)c2cc1OC. The molecule has 1 aromatic heterocycles. The van der Waals surface area contributed by atoms with Crippen molar-refractivity contribution in [1.29, 1.82) is 0 Å². The predicted molar refractivity (Wildman–Crippen MR) is 122 cm³/mol. The van der Waals surface area contributed by atoms with E-state index < -0.39 is 0 Å². The van der Waals surface area contributed by atoms with Crippen molar-refractivity contribution in [2.24, 2.45) is 0 Å². The van der Waals surface area contributed by atoms with Gasteiger partial charge in [0.1, 0.15) is 5.82 Å². The van der Waals surface area contributed by atoms with E-state index in [0.29, 0.717) is 22.8 Å². The minimum Gasteiger partial charge on any atom is -0.493 e. The Labute approximate surface area is 180 Å². The number of methoxy groups -OCH3 is 2. The third-order valence-electron chi connectivity index (χ3n) is 5.02. The molecule has 0 aliphatic heterocycles.